The van der Waals surface area contributed by atoms with Crippen LogP contribution in [0.5, 0.6) is 0 Å². The summed E-state index contributed by atoms with van der Waals surface area (Å²) in [5, 5.41) is 8.03. The fourth-order valence-corrected chi connectivity index (χ4v) is 0.403. The lowest BCUT2D eigenvalue weighted by Crippen LogP contribution is -1.98. The van der Waals surface area contributed by atoms with E-state index < -0.39 is 8.53 Å². The van der Waals surface area contributed by atoms with Crippen molar-refractivity contribution in [1.29, 1.82) is 0 Å². The standard InChI is InChI=1S/C2H8NO3P.6C2H4/c3-7(5)6-2-1-4;6*1-2/h4-5H,1-3H2;6*1-2H2. The minimum Gasteiger partial charge on any atom is -0.394 e. The average Bonchev–Trinajstić information content (AvgIpc) is 2.57. The quantitative estimate of drug-likeness (QED) is 0.543. The van der Waals surface area contributed by atoms with E-state index in [-0.39, 0.29) is 13.2 Å². The van der Waals surface area contributed by atoms with Gasteiger partial charge in [-0.15, -0.1) is 78.9 Å². The molecule has 0 aliphatic heterocycles. The molecule has 0 rings (SSSR count). The third kappa shape index (κ3) is 492. The average molecular weight is 293 g/mol. The van der Waals surface area contributed by atoms with Crippen molar-refractivity contribution in [1.82, 2.24) is 0 Å². The van der Waals surface area contributed by atoms with E-state index in [0.717, 1.165) is 0 Å². The predicted octanol–water partition coefficient (Wildman–Crippen LogP) is 3.99. The van der Waals surface area contributed by atoms with Gasteiger partial charge in [-0.3, -0.25) is 5.50 Å². The first kappa shape index (κ1) is 43.1. The molecule has 1 atom stereocenters. The van der Waals surface area contributed by atoms with Crippen LogP contribution in [0, 0.1) is 0 Å². The van der Waals surface area contributed by atoms with Crippen molar-refractivity contribution < 1.29 is 14.5 Å². The van der Waals surface area contributed by atoms with Gasteiger partial charge in [0, 0.05) is 0 Å². The zero-order valence-corrected chi connectivity index (χ0v) is 13.1. The second-order valence-electron chi connectivity index (χ2n) is 0.859. The van der Waals surface area contributed by atoms with E-state index >= 15 is 0 Å². The molecule has 0 heterocycles. The van der Waals surface area contributed by atoms with Gasteiger partial charge in [0.05, 0.1) is 13.2 Å². The summed E-state index contributed by atoms with van der Waals surface area (Å²) in [7, 11) is -1.77. The first-order chi connectivity index (χ1) is 9.27. The molecule has 1 unspecified atom stereocenters. The smallest absolute Gasteiger partial charge is 0.250 e. The van der Waals surface area contributed by atoms with Crippen LogP contribution in [0.25, 0.3) is 0 Å². The predicted molar refractivity (Wildman–Crippen MR) is 93.9 cm³/mol. The molecule has 0 bridgehead atoms. The van der Waals surface area contributed by atoms with E-state index in [9.17, 15) is 0 Å². The fourth-order valence-electron chi connectivity index (χ4n) is 0.134. The zero-order chi connectivity index (χ0) is 17.7. The van der Waals surface area contributed by atoms with Gasteiger partial charge in [-0.05, 0) is 0 Å². The summed E-state index contributed by atoms with van der Waals surface area (Å²) in [5.41, 5.74) is 4.77. The number of hydrogen-bond donors (Lipinski definition) is 3. The molecule has 0 aromatic heterocycles. The van der Waals surface area contributed by atoms with Crippen LogP contribution in [-0.2, 0) is 4.52 Å². The van der Waals surface area contributed by atoms with E-state index in [0.29, 0.717) is 0 Å². The molecule has 0 spiro atoms. The lowest BCUT2D eigenvalue weighted by atomic mass is 10.8. The molecule has 0 aliphatic rings. The second-order valence-corrected chi connectivity index (χ2v) is 1.72. The molecule has 0 saturated heterocycles. The van der Waals surface area contributed by atoms with E-state index in [1.54, 1.807) is 0 Å². The third-order valence-electron chi connectivity index (χ3n) is 0.315. The van der Waals surface area contributed by atoms with Gasteiger partial charge in [0.25, 0.3) is 0 Å². The largest absolute Gasteiger partial charge is 0.394 e. The minimum atomic E-state index is -1.77. The summed E-state index contributed by atoms with van der Waals surface area (Å²) >= 11 is 0. The van der Waals surface area contributed by atoms with Crippen LogP contribution < -0.4 is 5.50 Å². The molecular formula is C14H32NO3P. The molecule has 4 nitrogen and oxygen atoms in total. The molecule has 0 aromatic carbocycles. The SMILES string of the molecule is C=C.C=C.C=C.C=C.C=C.C=C.NP(O)OCCO. The van der Waals surface area contributed by atoms with Crippen LogP contribution in [0.2, 0.25) is 0 Å². The Labute approximate surface area is 121 Å². The Morgan fingerprint density at radius 1 is 0.737 bits per heavy atom. The van der Waals surface area contributed by atoms with E-state index in [2.05, 4.69) is 83.5 Å². The Bertz CT molecular complexity index is 91.2. The summed E-state index contributed by atoms with van der Waals surface area (Å²) < 4.78 is 4.34. The van der Waals surface area contributed by atoms with Gasteiger partial charge in [-0.1, -0.05) is 0 Å². The van der Waals surface area contributed by atoms with Crippen LogP contribution in [0.15, 0.2) is 78.9 Å². The summed E-state index contributed by atoms with van der Waals surface area (Å²) in [4.78, 5) is 8.19. The Morgan fingerprint density at radius 2 is 0.947 bits per heavy atom. The molecule has 5 heteroatoms. The molecule has 0 radical (unpaired) electrons. The molecule has 0 fully saturated rings. The van der Waals surface area contributed by atoms with Crippen LogP contribution in [0.1, 0.15) is 0 Å². The number of aliphatic hydroxyl groups is 1. The highest BCUT2D eigenvalue weighted by molar-refractivity contribution is 7.43. The van der Waals surface area contributed by atoms with Gasteiger partial charge in [0.1, 0.15) is 0 Å². The second kappa shape index (κ2) is 186. The van der Waals surface area contributed by atoms with Crippen molar-refractivity contribution in [2.45, 2.75) is 0 Å². The normalized spacial score (nSPS) is 6.47. The first-order valence-corrected chi connectivity index (χ1v) is 6.03. The van der Waals surface area contributed by atoms with Gasteiger partial charge in [0.15, 0.2) is 0 Å². The number of rotatable bonds is 3. The van der Waals surface area contributed by atoms with Crippen molar-refractivity contribution in [3.63, 3.8) is 0 Å². The molecular weight excluding hydrogens is 261 g/mol. The van der Waals surface area contributed by atoms with E-state index in [1.807, 2.05) is 0 Å². The summed E-state index contributed by atoms with van der Waals surface area (Å²) in [6.07, 6.45) is 0. The lowest BCUT2D eigenvalue weighted by molar-refractivity contribution is 0.201. The number of hydrogen-bond acceptors (Lipinski definition) is 4. The summed E-state index contributed by atoms with van der Waals surface area (Å²) in [6, 6.07) is 0. The van der Waals surface area contributed by atoms with Gasteiger partial charge >= 0.3 is 0 Å². The maximum absolute atomic E-state index is 8.19. The zero-order valence-electron chi connectivity index (χ0n) is 12.2. The topological polar surface area (TPSA) is 75.7 Å². The molecule has 0 aromatic rings. The Morgan fingerprint density at radius 3 is 1.00 bits per heavy atom. The van der Waals surface area contributed by atoms with Crippen molar-refractivity contribution >= 4 is 8.53 Å². The molecule has 4 N–H and O–H groups in total. The van der Waals surface area contributed by atoms with Crippen molar-refractivity contribution in [2.24, 2.45) is 5.50 Å². The Hall–Kier alpha value is -1.29. The van der Waals surface area contributed by atoms with Crippen molar-refractivity contribution in [3.8, 4) is 0 Å². The Kier molecular flexibility index (Phi) is 422. The molecule has 0 saturated carbocycles. The van der Waals surface area contributed by atoms with Crippen LogP contribution in [0.3, 0.4) is 0 Å². The highest BCUT2D eigenvalue weighted by Gasteiger charge is 1.91. The first-order valence-electron chi connectivity index (χ1n) is 4.75. The van der Waals surface area contributed by atoms with Gasteiger partial charge in [-0.2, -0.15) is 0 Å². The number of aliphatic hydroxyl groups excluding tert-OH is 1. The van der Waals surface area contributed by atoms with Crippen LogP contribution in [-0.4, -0.2) is 23.2 Å². The third-order valence-corrected chi connectivity index (χ3v) is 0.762. The lowest BCUT2D eigenvalue weighted by Gasteiger charge is -1.99. The molecule has 0 amide bonds. The molecule has 19 heavy (non-hydrogen) atoms. The van der Waals surface area contributed by atoms with Crippen LogP contribution in [0.4, 0.5) is 0 Å². The highest BCUT2D eigenvalue weighted by Crippen LogP contribution is 2.17. The van der Waals surface area contributed by atoms with Crippen molar-refractivity contribution in [3.05, 3.63) is 78.9 Å². The monoisotopic (exact) mass is 293 g/mol. The van der Waals surface area contributed by atoms with Crippen molar-refractivity contribution in [2.75, 3.05) is 13.2 Å². The maximum atomic E-state index is 8.19. The Balaban J connectivity index is -0.0000000205. The van der Waals surface area contributed by atoms with E-state index in [4.69, 9.17) is 15.5 Å². The highest BCUT2D eigenvalue weighted by atomic mass is 31.2. The maximum Gasteiger partial charge on any atom is 0.250 e. The summed E-state index contributed by atoms with van der Waals surface area (Å²) in [5.74, 6) is 0. The fraction of sp³-hybridized carbons (Fsp3) is 0.143. The number of nitrogens with two attached hydrogens (primary N) is 1. The summed E-state index contributed by atoms with van der Waals surface area (Å²) in [6.45, 7) is 36.0. The van der Waals surface area contributed by atoms with E-state index in [1.165, 1.54) is 0 Å². The molecule has 0 aliphatic carbocycles. The van der Waals surface area contributed by atoms with Gasteiger partial charge in [0.2, 0.25) is 8.53 Å². The minimum absolute atomic E-state index is 0.101. The molecule has 116 valence electrons. The van der Waals surface area contributed by atoms with Crippen LogP contribution >= 0.6 is 8.53 Å². The van der Waals surface area contributed by atoms with Gasteiger partial charge < -0.3 is 14.5 Å². The van der Waals surface area contributed by atoms with Gasteiger partial charge in [-0.25, -0.2) is 0 Å².